The number of aliphatic hydroxyl groups is 1. The number of hydrogen-bond donors (Lipinski definition) is 2. The summed E-state index contributed by atoms with van der Waals surface area (Å²) >= 11 is 0. The maximum absolute atomic E-state index is 12.9. The molecule has 2 N–H and O–H groups in total. The van der Waals surface area contributed by atoms with Crippen LogP contribution in [0.5, 0.6) is 11.5 Å². The van der Waals surface area contributed by atoms with Gasteiger partial charge in [0.1, 0.15) is 23.1 Å². The monoisotopic (exact) mass is 455 g/mol. The molecule has 1 saturated heterocycles. The van der Waals surface area contributed by atoms with Crippen molar-refractivity contribution in [3.05, 3.63) is 59.2 Å². The number of benzene rings is 2. The first-order valence-corrected chi connectivity index (χ1v) is 10.0. The Labute approximate surface area is 215 Å². The van der Waals surface area contributed by atoms with E-state index in [2.05, 4.69) is 10.3 Å². The van der Waals surface area contributed by atoms with Crippen LogP contribution in [0.15, 0.2) is 41.4 Å². The molecule has 4 rings (SSSR count). The van der Waals surface area contributed by atoms with Gasteiger partial charge in [-0.05, 0) is 50.4 Å². The molecule has 1 atom stereocenters. The zero-order valence-electron chi connectivity index (χ0n) is 20.3. The van der Waals surface area contributed by atoms with Gasteiger partial charge in [-0.1, -0.05) is 6.07 Å². The topological polar surface area (TPSA) is 63.1 Å². The number of nitrogens with one attached hydrogen (secondary N) is 1. The Bertz CT molecular complexity index is 856. The van der Waals surface area contributed by atoms with Crippen molar-refractivity contribution in [1.82, 2.24) is 5.32 Å². The Morgan fingerprint density at radius 2 is 1.62 bits per heavy atom. The molecule has 2 heterocycles. The molecular weight excluding hydrogens is 424 g/mol. The van der Waals surface area contributed by atoms with Gasteiger partial charge in [-0.15, -0.1) is 0 Å². The van der Waals surface area contributed by atoms with E-state index < -0.39 is 0 Å². The number of methoxy groups -OCH3 is 2. The molecule has 9 heteroatoms. The standard InChI is InChI=1S/C11H14FNO.C11H12FNO.CH4O.B.Na.H/c2*1-14-11-7-8(12)4-5-9(11)10-3-2-6-13-10;1-2;;;/h4-5,7,10,13H,2-3,6H2,1H3;4-5,7H,2-3,6H2,1H3;2H,1H3;;;/q;;;;+1;-1. The number of halogens is 2. The Morgan fingerprint density at radius 3 is 2.16 bits per heavy atom. The summed E-state index contributed by atoms with van der Waals surface area (Å²) in [4.78, 5) is 4.36. The molecule has 0 amide bonds. The van der Waals surface area contributed by atoms with E-state index in [1.54, 1.807) is 26.4 Å². The van der Waals surface area contributed by atoms with Crippen molar-refractivity contribution >= 4 is 14.1 Å². The van der Waals surface area contributed by atoms with E-state index in [1.165, 1.54) is 30.7 Å². The van der Waals surface area contributed by atoms with Crippen LogP contribution in [0.1, 0.15) is 44.3 Å². The average molecular weight is 455 g/mol. The van der Waals surface area contributed by atoms with Crippen LogP contribution < -0.4 is 44.3 Å². The summed E-state index contributed by atoms with van der Waals surface area (Å²) in [5.74, 6) is 0.697. The van der Waals surface area contributed by atoms with Crippen LogP contribution in [0, 0.1) is 11.6 Å². The minimum atomic E-state index is -0.274. The molecule has 5 nitrogen and oxygen atoms in total. The second-order valence-electron chi connectivity index (χ2n) is 6.81. The summed E-state index contributed by atoms with van der Waals surface area (Å²) in [6, 6.07) is 9.63. The van der Waals surface area contributed by atoms with Crippen molar-refractivity contribution in [3.63, 3.8) is 0 Å². The quantitative estimate of drug-likeness (QED) is 0.677. The van der Waals surface area contributed by atoms with Crippen LogP contribution in [0.25, 0.3) is 0 Å². The van der Waals surface area contributed by atoms with Gasteiger partial charge in [0.05, 0.1) is 14.2 Å². The van der Waals surface area contributed by atoms with E-state index in [0.29, 0.717) is 17.5 Å². The normalized spacial score (nSPS) is 16.2. The van der Waals surface area contributed by atoms with Gasteiger partial charge in [0.15, 0.2) is 0 Å². The molecule has 169 valence electrons. The molecule has 2 aliphatic heterocycles. The molecule has 3 radical (unpaired) electrons. The number of ether oxygens (including phenoxy) is 2. The van der Waals surface area contributed by atoms with Gasteiger partial charge in [-0.3, -0.25) is 4.99 Å². The average Bonchev–Trinajstić information content (AvgIpc) is 3.50. The predicted molar refractivity (Wildman–Crippen MR) is 122 cm³/mol. The second-order valence-corrected chi connectivity index (χ2v) is 6.81. The van der Waals surface area contributed by atoms with Gasteiger partial charge in [0, 0.05) is 57.1 Å². The molecule has 0 aliphatic carbocycles. The number of aliphatic imine (C=N–C) groups is 1. The van der Waals surface area contributed by atoms with Crippen molar-refractivity contribution in [3.8, 4) is 11.5 Å². The van der Waals surface area contributed by atoms with Crippen molar-refractivity contribution in [2.24, 2.45) is 4.99 Å². The van der Waals surface area contributed by atoms with E-state index in [0.717, 1.165) is 56.3 Å². The third kappa shape index (κ3) is 8.48. The molecule has 1 unspecified atom stereocenters. The van der Waals surface area contributed by atoms with E-state index in [-0.39, 0.29) is 51.0 Å². The molecule has 1 fully saturated rings. The maximum atomic E-state index is 12.9. The van der Waals surface area contributed by atoms with Crippen molar-refractivity contribution in [2.45, 2.75) is 31.7 Å². The molecular formula is C23H31BF2N2NaO3. The van der Waals surface area contributed by atoms with E-state index in [9.17, 15) is 8.78 Å². The fraction of sp³-hybridized carbons (Fsp3) is 0.435. The SMILES string of the molecule is CO.COc1cc(F)ccc1C1=NCCC1.COc1cc(F)ccc1C1CCCN1.[B].[H-].[Na+]. The maximum Gasteiger partial charge on any atom is 1.00 e. The third-order valence-corrected chi connectivity index (χ3v) is 4.98. The largest absolute Gasteiger partial charge is 1.00 e. The van der Waals surface area contributed by atoms with Gasteiger partial charge in [0.2, 0.25) is 0 Å². The first-order chi connectivity index (χ1) is 14.6. The molecule has 0 saturated carbocycles. The fourth-order valence-electron chi connectivity index (χ4n) is 3.59. The summed E-state index contributed by atoms with van der Waals surface area (Å²) in [6.07, 6.45) is 4.31. The first kappa shape index (κ1) is 30.6. The third-order valence-electron chi connectivity index (χ3n) is 4.98. The summed E-state index contributed by atoms with van der Waals surface area (Å²) in [6.45, 7) is 1.90. The second kappa shape index (κ2) is 16.2. The van der Waals surface area contributed by atoms with Crippen LogP contribution in [0.2, 0.25) is 0 Å². The molecule has 0 bridgehead atoms. The van der Waals surface area contributed by atoms with Gasteiger partial charge in [0.25, 0.3) is 0 Å². The Morgan fingerprint density at radius 1 is 1.00 bits per heavy atom. The number of nitrogens with zero attached hydrogens (tertiary/aromatic N) is 1. The smallest absolute Gasteiger partial charge is 1.00 e. The minimum Gasteiger partial charge on any atom is -1.00 e. The number of aliphatic hydroxyl groups excluding tert-OH is 1. The molecule has 2 aromatic rings. The summed E-state index contributed by atoms with van der Waals surface area (Å²) < 4.78 is 36.1. The Balaban J connectivity index is 0. The zero-order chi connectivity index (χ0) is 21.9. The number of rotatable bonds is 4. The zero-order valence-corrected chi connectivity index (χ0v) is 21.3. The Kier molecular flexibility index (Phi) is 15.5. The molecule has 2 aromatic carbocycles. The number of hydrogen-bond acceptors (Lipinski definition) is 5. The van der Waals surface area contributed by atoms with Crippen LogP contribution in [0.3, 0.4) is 0 Å². The van der Waals surface area contributed by atoms with Crippen molar-refractivity contribution in [1.29, 1.82) is 0 Å². The fourth-order valence-corrected chi connectivity index (χ4v) is 3.59. The minimum absolute atomic E-state index is 0. The van der Waals surface area contributed by atoms with Crippen molar-refractivity contribution in [2.75, 3.05) is 34.4 Å². The molecule has 0 aromatic heterocycles. The summed E-state index contributed by atoms with van der Waals surface area (Å²) in [5.41, 5.74) is 3.01. The van der Waals surface area contributed by atoms with Gasteiger partial charge in [-0.25, -0.2) is 8.78 Å². The van der Waals surface area contributed by atoms with Gasteiger partial charge < -0.3 is 21.3 Å². The van der Waals surface area contributed by atoms with E-state index in [1.807, 2.05) is 0 Å². The summed E-state index contributed by atoms with van der Waals surface area (Å²) in [5, 5.41) is 10.4. The predicted octanol–water partition coefficient (Wildman–Crippen LogP) is 1.02. The Hall–Kier alpha value is -1.45. The van der Waals surface area contributed by atoms with Crippen LogP contribution in [0.4, 0.5) is 8.78 Å². The van der Waals surface area contributed by atoms with Crippen molar-refractivity contribution < 1.29 is 54.3 Å². The molecule has 0 spiro atoms. The van der Waals surface area contributed by atoms with E-state index in [4.69, 9.17) is 14.6 Å². The van der Waals surface area contributed by atoms with Crippen LogP contribution in [-0.4, -0.2) is 53.7 Å². The first-order valence-electron chi connectivity index (χ1n) is 10.0. The van der Waals surface area contributed by atoms with E-state index >= 15 is 0 Å². The molecule has 2 aliphatic rings. The summed E-state index contributed by atoms with van der Waals surface area (Å²) in [7, 11) is 4.13. The van der Waals surface area contributed by atoms with Gasteiger partial charge >= 0.3 is 29.6 Å². The molecule has 32 heavy (non-hydrogen) atoms. The van der Waals surface area contributed by atoms with Crippen LogP contribution in [-0.2, 0) is 0 Å². The van der Waals surface area contributed by atoms with Crippen LogP contribution >= 0.6 is 0 Å². The van der Waals surface area contributed by atoms with Gasteiger partial charge in [-0.2, -0.15) is 0 Å².